The van der Waals surface area contributed by atoms with Crippen molar-refractivity contribution < 1.29 is 14.3 Å². The number of benzene rings is 1. The zero-order valence-corrected chi connectivity index (χ0v) is 19.5. The van der Waals surface area contributed by atoms with Crippen molar-refractivity contribution in [1.29, 1.82) is 0 Å². The Bertz CT molecular complexity index is 1170. The van der Waals surface area contributed by atoms with Crippen molar-refractivity contribution in [1.82, 2.24) is 14.8 Å². The summed E-state index contributed by atoms with van der Waals surface area (Å²) in [5.74, 6) is -0.213. The van der Waals surface area contributed by atoms with Gasteiger partial charge in [0.05, 0.1) is 11.2 Å². The molecule has 1 aromatic heterocycles. The highest BCUT2D eigenvalue weighted by molar-refractivity contribution is 7.80. The Labute approximate surface area is 197 Å². The first-order valence-electron chi connectivity index (χ1n) is 11.8. The number of carbonyl (C=O) groups is 1. The van der Waals surface area contributed by atoms with Gasteiger partial charge in [0.25, 0.3) is 0 Å². The number of anilines is 1. The van der Waals surface area contributed by atoms with E-state index >= 15 is 4.39 Å². The van der Waals surface area contributed by atoms with E-state index in [1.54, 1.807) is 10.6 Å². The van der Waals surface area contributed by atoms with Crippen molar-refractivity contribution in [2.45, 2.75) is 45.2 Å². The molecule has 176 valence electrons. The molecule has 3 atom stereocenters. The minimum atomic E-state index is -1.31. The first-order chi connectivity index (χ1) is 15.9. The predicted octanol–water partition coefficient (Wildman–Crippen LogP) is 3.04. The Morgan fingerprint density at radius 2 is 1.97 bits per heavy atom. The van der Waals surface area contributed by atoms with Gasteiger partial charge >= 0.3 is 5.97 Å². The lowest BCUT2D eigenvalue weighted by Crippen LogP contribution is -2.54. The van der Waals surface area contributed by atoms with E-state index in [2.05, 4.69) is 10.2 Å². The van der Waals surface area contributed by atoms with E-state index in [1.165, 1.54) is 37.9 Å². The van der Waals surface area contributed by atoms with Gasteiger partial charge in [-0.3, -0.25) is 4.79 Å². The van der Waals surface area contributed by atoms with Gasteiger partial charge in [-0.15, -0.1) is 0 Å². The van der Waals surface area contributed by atoms with Gasteiger partial charge in [-0.2, -0.15) is 0 Å². The number of rotatable bonds is 4. The van der Waals surface area contributed by atoms with Gasteiger partial charge in [-0.1, -0.05) is 6.42 Å². The Kier molecular flexibility index (Phi) is 5.76. The number of aryl methyl sites for hydroxylation is 1. The second kappa shape index (κ2) is 8.59. The average molecular weight is 473 g/mol. The summed E-state index contributed by atoms with van der Waals surface area (Å²) >= 11 is 5.69. The van der Waals surface area contributed by atoms with Crippen molar-refractivity contribution in [2.24, 2.45) is 11.8 Å². The molecule has 3 aliphatic rings. The fourth-order valence-electron chi connectivity index (χ4n) is 5.88. The smallest absolute Gasteiger partial charge is 0.341 e. The minimum Gasteiger partial charge on any atom is -0.477 e. The molecule has 3 fully saturated rings. The topological polar surface area (TPSA) is 77.8 Å². The molecule has 2 aliphatic carbocycles. The summed E-state index contributed by atoms with van der Waals surface area (Å²) in [6.45, 7) is 4.96. The molecule has 0 radical (unpaired) electrons. The molecule has 0 unspecified atom stereocenters. The number of carboxylic acid groups (broad SMARTS) is 1. The number of hydrogen-bond acceptors (Lipinski definition) is 4. The van der Waals surface area contributed by atoms with E-state index in [4.69, 9.17) is 12.2 Å². The molecule has 2 saturated carbocycles. The lowest BCUT2D eigenvalue weighted by atomic mass is 9.95. The number of halogens is 1. The van der Waals surface area contributed by atoms with Crippen molar-refractivity contribution in [2.75, 3.05) is 31.1 Å². The highest BCUT2D eigenvalue weighted by Crippen LogP contribution is 2.44. The molecule has 5 rings (SSSR count). The summed E-state index contributed by atoms with van der Waals surface area (Å²) in [7, 11) is 0. The molecule has 2 aromatic rings. The van der Waals surface area contributed by atoms with Crippen molar-refractivity contribution in [3.05, 3.63) is 39.9 Å². The number of pyridine rings is 1. The zero-order chi connectivity index (χ0) is 23.3. The van der Waals surface area contributed by atoms with Crippen LogP contribution in [0.5, 0.6) is 0 Å². The number of hydrogen-bond donors (Lipinski definition) is 2. The molecule has 1 saturated heterocycles. The van der Waals surface area contributed by atoms with Crippen LogP contribution in [-0.4, -0.2) is 57.9 Å². The van der Waals surface area contributed by atoms with Crippen LogP contribution < -0.4 is 15.6 Å². The van der Waals surface area contributed by atoms with Crippen LogP contribution in [0.4, 0.5) is 10.1 Å². The van der Waals surface area contributed by atoms with Gasteiger partial charge < -0.3 is 24.8 Å². The first-order valence-corrected chi connectivity index (χ1v) is 12.2. The van der Waals surface area contributed by atoms with E-state index in [9.17, 15) is 14.7 Å². The minimum absolute atomic E-state index is 0.0906. The number of thiocarbonyl (C=S) groups is 1. The lowest BCUT2D eigenvalue weighted by Gasteiger charge is -2.39. The van der Waals surface area contributed by atoms with E-state index < -0.39 is 17.2 Å². The van der Waals surface area contributed by atoms with Crippen LogP contribution in [-0.2, 0) is 6.54 Å². The second-order valence-electron chi connectivity index (χ2n) is 9.49. The number of nitrogens with zero attached hydrogens (tertiary/aromatic N) is 3. The third-order valence-corrected chi connectivity index (χ3v) is 8.05. The molecular weight excluding hydrogens is 443 g/mol. The number of aromatic carboxylic acids is 1. The summed E-state index contributed by atoms with van der Waals surface area (Å²) in [6.07, 6.45) is 6.54. The first kappa shape index (κ1) is 22.1. The van der Waals surface area contributed by atoms with E-state index in [1.807, 2.05) is 11.8 Å². The summed E-state index contributed by atoms with van der Waals surface area (Å²) < 4.78 is 16.8. The van der Waals surface area contributed by atoms with Crippen LogP contribution in [0.15, 0.2) is 23.1 Å². The summed E-state index contributed by atoms with van der Waals surface area (Å²) in [4.78, 5) is 28.1. The highest BCUT2D eigenvalue weighted by atomic mass is 32.1. The second-order valence-corrected chi connectivity index (χ2v) is 9.88. The maximum absolute atomic E-state index is 15.1. The molecule has 0 amide bonds. The Morgan fingerprint density at radius 3 is 2.58 bits per heavy atom. The summed E-state index contributed by atoms with van der Waals surface area (Å²) in [6, 6.07) is 3.34. The maximum Gasteiger partial charge on any atom is 0.341 e. The number of fused-ring (bicyclic) bond motifs is 3. The maximum atomic E-state index is 15.1. The van der Waals surface area contributed by atoms with Crippen LogP contribution in [0.3, 0.4) is 0 Å². The number of nitrogens with one attached hydrogen (secondary N) is 1. The van der Waals surface area contributed by atoms with E-state index in [0.717, 1.165) is 16.9 Å². The Balaban J connectivity index is 1.32. The fourth-order valence-corrected chi connectivity index (χ4v) is 6.21. The van der Waals surface area contributed by atoms with Gasteiger partial charge in [-0.25, -0.2) is 9.18 Å². The van der Waals surface area contributed by atoms with E-state index in [0.29, 0.717) is 50.0 Å². The largest absolute Gasteiger partial charge is 0.477 e. The number of piperazine rings is 1. The van der Waals surface area contributed by atoms with Crippen LogP contribution in [0, 0.1) is 17.7 Å². The summed E-state index contributed by atoms with van der Waals surface area (Å²) in [5, 5.41) is 13.8. The van der Waals surface area contributed by atoms with Gasteiger partial charge in [0.2, 0.25) is 5.43 Å². The highest BCUT2D eigenvalue weighted by Gasteiger charge is 2.40. The van der Waals surface area contributed by atoms with Crippen molar-refractivity contribution in [3.8, 4) is 0 Å². The van der Waals surface area contributed by atoms with Gasteiger partial charge in [0.15, 0.2) is 5.11 Å². The molecule has 0 spiro atoms. The monoisotopic (exact) mass is 472 g/mol. The third kappa shape index (κ3) is 3.96. The van der Waals surface area contributed by atoms with Crippen molar-refractivity contribution >= 4 is 39.9 Å². The molecule has 2 N–H and O–H groups in total. The third-order valence-electron chi connectivity index (χ3n) is 7.67. The quantitative estimate of drug-likeness (QED) is 0.663. The number of carboxylic acids is 1. The fraction of sp³-hybridized carbons (Fsp3) is 0.542. The number of aromatic nitrogens is 1. The van der Waals surface area contributed by atoms with Crippen molar-refractivity contribution in [3.63, 3.8) is 0 Å². The molecule has 7 nitrogen and oxygen atoms in total. The zero-order valence-electron chi connectivity index (χ0n) is 18.7. The molecule has 1 aliphatic heterocycles. The van der Waals surface area contributed by atoms with E-state index in [-0.39, 0.29) is 10.9 Å². The van der Waals surface area contributed by atoms with Crippen LogP contribution >= 0.6 is 12.2 Å². The SMILES string of the molecule is CCn1cc(C(=O)O)c(=O)c2cc(F)c(N3CCN(C(=S)N[C@H]4C[C@H]5CC[C@@H]4C5)CC3)cc21. The summed E-state index contributed by atoms with van der Waals surface area (Å²) in [5.41, 5.74) is -0.0327. The Hall–Kier alpha value is -2.68. The van der Waals surface area contributed by atoms with Crippen LogP contribution in [0.1, 0.15) is 43.0 Å². The van der Waals surface area contributed by atoms with Crippen LogP contribution in [0.25, 0.3) is 10.9 Å². The van der Waals surface area contributed by atoms with Crippen LogP contribution in [0.2, 0.25) is 0 Å². The normalized spacial score (nSPS) is 24.5. The predicted molar refractivity (Wildman–Crippen MR) is 130 cm³/mol. The van der Waals surface area contributed by atoms with Gasteiger partial charge in [0, 0.05) is 50.3 Å². The molecule has 33 heavy (non-hydrogen) atoms. The molecule has 2 bridgehead atoms. The standard InChI is InChI=1S/C24H29FN4O3S/c1-2-27-13-17(23(31)32)22(30)16-11-18(25)21(12-20(16)27)28-5-7-29(8-6-28)24(33)26-19-10-14-3-4-15(19)9-14/h11-15,19H,2-10H2,1H3,(H,26,33)(H,31,32)/t14-,15+,19-/m0/s1. The molecule has 9 heteroatoms. The molecule has 2 heterocycles. The lowest BCUT2D eigenvalue weighted by molar-refractivity contribution is 0.0695. The van der Waals surface area contributed by atoms with Gasteiger partial charge in [-0.05, 0) is 62.4 Å². The Morgan fingerprint density at radius 1 is 1.21 bits per heavy atom. The average Bonchev–Trinajstić information content (AvgIpc) is 3.42. The molecule has 1 aromatic carbocycles. The van der Waals surface area contributed by atoms with Gasteiger partial charge in [0.1, 0.15) is 11.4 Å². The molecular formula is C24H29FN4O3S.